The van der Waals surface area contributed by atoms with Crippen LogP contribution < -0.4 is 5.32 Å². The third-order valence-corrected chi connectivity index (χ3v) is 6.36. The molecule has 1 aromatic heterocycles. The summed E-state index contributed by atoms with van der Waals surface area (Å²) in [6, 6.07) is 0. The lowest BCUT2D eigenvalue weighted by Gasteiger charge is -2.29. The van der Waals surface area contributed by atoms with Gasteiger partial charge in [0.1, 0.15) is 6.17 Å². The second kappa shape index (κ2) is 5.54. The number of imidazole rings is 1. The number of nitrogens with zero attached hydrogens (tertiary/aromatic N) is 3. The Hall–Kier alpha value is -1.61. The minimum atomic E-state index is -3.80. The highest BCUT2D eigenvalue weighted by molar-refractivity contribution is 7.89. The summed E-state index contributed by atoms with van der Waals surface area (Å²) in [5.41, 5.74) is 0. The van der Waals surface area contributed by atoms with Gasteiger partial charge in [-0.25, -0.2) is 18.2 Å². The van der Waals surface area contributed by atoms with Gasteiger partial charge in [0.05, 0.1) is 6.33 Å². The topological polar surface area (TPSA) is 105 Å². The summed E-state index contributed by atoms with van der Waals surface area (Å²) in [4.78, 5) is 15.0. The molecule has 0 bridgehead atoms. The molecule has 0 spiro atoms. The van der Waals surface area contributed by atoms with Crippen molar-refractivity contribution in [1.29, 1.82) is 0 Å². The molecule has 1 aliphatic heterocycles. The van der Waals surface area contributed by atoms with Crippen molar-refractivity contribution in [3.63, 3.8) is 0 Å². The molecule has 1 saturated heterocycles. The van der Waals surface area contributed by atoms with Gasteiger partial charge in [-0.1, -0.05) is 12.8 Å². The van der Waals surface area contributed by atoms with Gasteiger partial charge in [0.2, 0.25) is 0 Å². The lowest BCUT2D eigenvalue weighted by atomic mass is 9.80. The van der Waals surface area contributed by atoms with Gasteiger partial charge in [0, 0.05) is 19.8 Å². The molecule has 2 aliphatic rings. The summed E-state index contributed by atoms with van der Waals surface area (Å²) in [6.07, 6.45) is 4.84. The largest absolute Gasteiger partial charge is 0.465 e. The van der Waals surface area contributed by atoms with Crippen LogP contribution in [0.15, 0.2) is 17.6 Å². The molecule has 0 radical (unpaired) electrons. The number of carboxylic acid groups (broad SMARTS) is 1. The van der Waals surface area contributed by atoms with Gasteiger partial charge < -0.3 is 15.0 Å². The van der Waals surface area contributed by atoms with Crippen LogP contribution in [0.2, 0.25) is 0 Å². The Labute approximate surface area is 129 Å². The Morgan fingerprint density at radius 1 is 1.41 bits per heavy atom. The van der Waals surface area contributed by atoms with E-state index in [4.69, 9.17) is 5.11 Å². The van der Waals surface area contributed by atoms with Crippen LogP contribution in [0, 0.1) is 11.8 Å². The molecule has 1 saturated carbocycles. The van der Waals surface area contributed by atoms with Crippen molar-refractivity contribution in [1.82, 2.24) is 19.2 Å². The molecule has 22 heavy (non-hydrogen) atoms. The van der Waals surface area contributed by atoms with Crippen LogP contribution in [-0.2, 0) is 17.1 Å². The van der Waals surface area contributed by atoms with Crippen molar-refractivity contribution in [3.8, 4) is 0 Å². The number of aryl methyl sites for hydroxylation is 1. The van der Waals surface area contributed by atoms with E-state index in [9.17, 15) is 13.2 Å². The lowest BCUT2D eigenvalue weighted by Crippen LogP contribution is -2.49. The third-order valence-electron chi connectivity index (χ3n) is 4.62. The average Bonchev–Trinajstić information content (AvgIpc) is 3.04. The predicted octanol–water partition coefficient (Wildman–Crippen LogP) is 0.824. The number of hydrogen-bond donors (Lipinski definition) is 2. The lowest BCUT2D eigenvalue weighted by molar-refractivity contribution is 0.167. The second-order valence-electron chi connectivity index (χ2n) is 6.05. The smallest absolute Gasteiger partial charge is 0.405 e. The van der Waals surface area contributed by atoms with E-state index in [0.29, 0.717) is 6.54 Å². The molecule has 2 heterocycles. The maximum Gasteiger partial charge on any atom is 0.405 e. The molecule has 3 atom stereocenters. The molecule has 2 unspecified atom stereocenters. The first-order valence-electron chi connectivity index (χ1n) is 7.39. The molecule has 8 nitrogen and oxygen atoms in total. The molecule has 1 aromatic rings. The summed E-state index contributed by atoms with van der Waals surface area (Å²) in [5.74, 6) is 0.257. The number of fused-ring (bicyclic) bond motifs is 1. The Balaban J connectivity index is 1.94. The van der Waals surface area contributed by atoms with Crippen LogP contribution >= 0.6 is 0 Å². The van der Waals surface area contributed by atoms with Crippen LogP contribution in [0.4, 0.5) is 4.79 Å². The SMILES string of the molecule is Cn1cnc(S(=O)(=O)N2CC3CCCCC3[C@@H]2NC(=O)O)c1. The van der Waals surface area contributed by atoms with Gasteiger partial charge in [0.15, 0.2) is 5.03 Å². The van der Waals surface area contributed by atoms with E-state index in [1.165, 1.54) is 16.8 Å². The van der Waals surface area contributed by atoms with Gasteiger partial charge >= 0.3 is 6.09 Å². The second-order valence-corrected chi connectivity index (χ2v) is 7.89. The molecular weight excluding hydrogens is 308 g/mol. The van der Waals surface area contributed by atoms with Crippen molar-refractivity contribution >= 4 is 16.1 Å². The standard InChI is InChI=1S/C13H20N4O4S/c1-16-7-11(14-8-16)22(20,21)17-6-9-4-2-3-5-10(9)12(17)15-13(18)19/h7-10,12,15H,2-6H2,1H3,(H,18,19)/t9?,10?,12-/m1/s1. The molecular formula is C13H20N4O4S. The molecule has 0 aromatic carbocycles. The van der Waals surface area contributed by atoms with E-state index < -0.39 is 22.3 Å². The van der Waals surface area contributed by atoms with Crippen LogP contribution in [0.25, 0.3) is 0 Å². The van der Waals surface area contributed by atoms with E-state index in [1.54, 1.807) is 11.6 Å². The third kappa shape index (κ3) is 2.58. The summed E-state index contributed by atoms with van der Waals surface area (Å²) >= 11 is 0. The summed E-state index contributed by atoms with van der Waals surface area (Å²) in [6.45, 7) is 0.356. The highest BCUT2D eigenvalue weighted by Gasteiger charge is 2.49. The fourth-order valence-electron chi connectivity index (χ4n) is 3.63. The molecule has 9 heteroatoms. The molecule has 122 valence electrons. The highest BCUT2D eigenvalue weighted by Crippen LogP contribution is 2.41. The van der Waals surface area contributed by atoms with Crippen LogP contribution in [0.1, 0.15) is 25.7 Å². The predicted molar refractivity (Wildman–Crippen MR) is 77.5 cm³/mol. The molecule has 2 N–H and O–H groups in total. The summed E-state index contributed by atoms with van der Waals surface area (Å²) < 4.78 is 28.4. The Morgan fingerprint density at radius 3 is 2.77 bits per heavy atom. The molecule has 3 rings (SSSR count). The normalized spacial score (nSPS) is 29.2. The Bertz CT molecular complexity index is 671. The zero-order chi connectivity index (χ0) is 15.9. The van der Waals surface area contributed by atoms with E-state index in [0.717, 1.165) is 25.7 Å². The van der Waals surface area contributed by atoms with Crippen molar-refractivity contribution in [3.05, 3.63) is 12.5 Å². The summed E-state index contributed by atoms with van der Waals surface area (Å²) in [5, 5.41) is 11.4. The Morgan fingerprint density at radius 2 is 2.14 bits per heavy atom. The van der Waals surface area contributed by atoms with E-state index in [-0.39, 0.29) is 16.9 Å². The van der Waals surface area contributed by atoms with Crippen molar-refractivity contribution in [2.24, 2.45) is 18.9 Å². The van der Waals surface area contributed by atoms with Gasteiger partial charge in [-0.15, -0.1) is 0 Å². The first-order valence-corrected chi connectivity index (χ1v) is 8.83. The first kappa shape index (κ1) is 15.3. The fraction of sp³-hybridized carbons (Fsp3) is 0.692. The number of rotatable bonds is 3. The monoisotopic (exact) mass is 328 g/mol. The maximum atomic E-state index is 12.8. The molecule has 2 fully saturated rings. The van der Waals surface area contributed by atoms with Gasteiger partial charge in [-0.05, 0) is 24.7 Å². The number of sulfonamides is 1. The fourth-order valence-corrected chi connectivity index (χ4v) is 5.25. The molecule has 1 amide bonds. The number of hydrogen-bond acceptors (Lipinski definition) is 4. The van der Waals surface area contributed by atoms with Gasteiger partial charge in [0.25, 0.3) is 10.0 Å². The highest BCUT2D eigenvalue weighted by atomic mass is 32.2. The van der Waals surface area contributed by atoms with Crippen LogP contribution in [0.3, 0.4) is 0 Å². The van der Waals surface area contributed by atoms with Gasteiger partial charge in [-0.3, -0.25) is 0 Å². The number of carbonyl (C=O) groups is 1. The number of amides is 1. The first-order chi connectivity index (χ1) is 10.4. The minimum Gasteiger partial charge on any atom is -0.465 e. The Kier molecular flexibility index (Phi) is 3.85. The minimum absolute atomic E-state index is 0.0363. The maximum absolute atomic E-state index is 12.8. The van der Waals surface area contributed by atoms with E-state index >= 15 is 0 Å². The van der Waals surface area contributed by atoms with Crippen LogP contribution in [-0.4, -0.2) is 46.2 Å². The van der Waals surface area contributed by atoms with Gasteiger partial charge in [-0.2, -0.15) is 4.31 Å². The van der Waals surface area contributed by atoms with Crippen molar-refractivity contribution in [2.45, 2.75) is 36.9 Å². The zero-order valence-electron chi connectivity index (χ0n) is 12.3. The van der Waals surface area contributed by atoms with E-state index in [2.05, 4.69) is 10.3 Å². The van der Waals surface area contributed by atoms with Crippen molar-refractivity contribution in [2.75, 3.05) is 6.54 Å². The quantitative estimate of drug-likeness (QED) is 0.855. The average molecular weight is 328 g/mol. The number of aromatic nitrogens is 2. The van der Waals surface area contributed by atoms with Crippen LogP contribution in [0.5, 0.6) is 0 Å². The molecule has 1 aliphatic carbocycles. The van der Waals surface area contributed by atoms with Crippen molar-refractivity contribution < 1.29 is 18.3 Å². The van der Waals surface area contributed by atoms with E-state index in [1.807, 2.05) is 0 Å². The summed E-state index contributed by atoms with van der Waals surface area (Å²) in [7, 11) is -2.10. The number of nitrogens with one attached hydrogen (secondary N) is 1. The zero-order valence-corrected chi connectivity index (χ0v) is 13.2.